The molecule has 0 aliphatic heterocycles. The highest BCUT2D eigenvalue weighted by Crippen LogP contribution is 2.31. The lowest BCUT2D eigenvalue weighted by atomic mass is 10.1. The van der Waals surface area contributed by atoms with Gasteiger partial charge in [-0.3, -0.25) is 9.78 Å². The highest BCUT2D eigenvalue weighted by molar-refractivity contribution is 7.21. The van der Waals surface area contributed by atoms with Gasteiger partial charge in [-0.15, -0.1) is 11.3 Å². The Hall–Kier alpha value is -1.70. The van der Waals surface area contributed by atoms with Crippen molar-refractivity contribution in [2.75, 3.05) is 18.9 Å². The summed E-state index contributed by atoms with van der Waals surface area (Å²) in [5, 5.41) is 20.9. The van der Waals surface area contributed by atoms with Crippen molar-refractivity contribution in [3.63, 3.8) is 0 Å². The maximum absolute atomic E-state index is 12.1. The van der Waals surface area contributed by atoms with Crippen LogP contribution in [0.25, 0.3) is 10.2 Å². The van der Waals surface area contributed by atoms with E-state index >= 15 is 0 Å². The number of rotatable bonds is 4. The van der Waals surface area contributed by atoms with Gasteiger partial charge in [-0.1, -0.05) is 0 Å². The number of fused-ring (bicyclic) bond motifs is 1. The van der Waals surface area contributed by atoms with Gasteiger partial charge in [-0.25, -0.2) is 0 Å². The second-order valence-corrected chi connectivity index (χ2v) is 5.58. The van der Waals surface area contributed by atoms with E-state index in [1.807, 2.05) is 6.07 Å². The van der Waals surface area contributed by atoms with Crippen LogP contribution < -0.4 is 11.1 Å². The topological polar surface area (TPSA) is 108 Å². The molecule has 0 aliphatic carbocycles. The van der Waals surface area contributed by atoms with E-state index < -0.39 is 11.4 Å². The van der Waals surface area contributed by atoms with E-state index in [0.717, 1.165) is 4.70 Å². The van der Waals surface area contributed by atoms with Gasteiger partial charge >= 0.3 is 0 Å². The van der Waals surface area contributed by atoms with Gasteiger partial charge in [0.2, 0.25) is 0 Å². The van der Waals surface area contributed by atoms with E-state index in [1.54, 1.807) is 19.2 Å². The zero-order valence-electron chi connectivity index (χ0n) is 10.4. The molecule has 2 heterocycles. The molecule has 19 heavy (non-hydrogen) atoms. The molecule has 0 unspecified atom stereocenters. The predicted octanol–water partition coefficient (Wildman–Crippen LogP) is 0.352. The summed E-state index contributed by atoms with van der Waals surface area (Å²) >= 11 is 1.23. The summed E-state index contributed by atoms with van der Waals surface area (Å²) in [5.41, 5.74) is 5.73. The van der Waals surface area contributed by atoms with E-state index in [4.69, 9.17) is 5.73 Å². The second kappa shape index (κ2) is 5.12. The Morgan fingerprint density at radius 3 is 2.79 bits per heavy atom. The van der Waals surface area contributed by atoms with Gasteiger partial charge in [-0.2, -0.15) is 0 Å². The van der Waals surface area contributed by atoms with E-state index in [1.165, 1.54) is 11.3 Å². The van der Waals surface area contributed by atoms with Crippen molar-refractivity contribution >= 4 is 33.1 Å². The third kappa shape index (κ3) is 2.53. The first-order valence-corrected chi connectivity index (χ1v) is 6.49. The van der Waals surface area contributed by atoms with Gasteiger partial charge in [-0.05, 0) is 19.1 Å². The number of thiophene rings is 1. The summed E-state index contributed by atoms with van der Waals surface area (Å²) in [6.07, 6.45) is 1.61. The number of anilines is 1. The number of nitrogen functional groups attached to an aromatic ring is 1. The fourth-order valence-corrected chi connectivity index (χ4v) is 2.55. The molecule has 0 saturated carbocycles. The van der Waals surface area contributed by atoms with Crippen LogP contribution in [-0.2, 0) is 0 Å². The summed E-state index contributed by atoms with van der Waals surface area (Å²) in [4.78, 5) is 16.6. The first-order chi connectivity index (χ1) is 9.00. The smallest absolute Gasteiger partial charge is 0.264 e. The number of nitrogens with one attached hydrogen (secondary N) is 1. The summed E-state index contributed by atoms with van der Waals surface area (Å²) in [7, 11) is 0. The molecule has 2 aromatic heterocycles. The quantitative estimate of drug-likeness (QED) is 0.646. The second-order valence-electron chi connectivity index (χ2n) is 4.53. The molecule has 0 aliphatic rings. The van der Waals surface area contributed by atoms with Crippen molar-refractivity contribution in [3.05, 3.63) is 23.2 Å². The number of carbonyl (C=O) groups excluding carboxylic acids is 1. The largest absolute Gasteiger partial charge is 0.396 e. The average Bonchev–Trinajstić information content (AvgIpc) is 2.76. The Bertz CT molecular complexity index is 607. The van der Waals surface area contributed by atoms with Crippen molar-refractivity contribution in [1.29, 1.82) is 0 Å². The van der Waals surface area contributed by atoms with Crippen molar-refractivity contribution < 1.29 is 15.0 Å². The van der Waals surface area contributed by atoms with Crippen LogP contribution >= 0.6 is 11.3 Å². The standard InChI is InChI=1S/C12H15N3O3S/c1-12(5-16,6-17)15-11(18)10-8(13)9-7(19-10)3-2-4-14-9/h2-4,16-17H,5-6,13H2,1H3,(H,15,18). The van der Waals surface area contributed by atoms with E-state index in [2.05, 4.69) is 10.3 Å². The molecule has 0 saturated heterocycles. The minimum Gasteiger partial charge on any atom is -0.396 e. The van der Waals surface area contributed by atoms with Crippen LogP contribution in [-0.4, -0.2) is 39.9 Å². The molecule has 2 aromatic rings. The highest BCUT2D eigenvalue weighted by atomic mass is 32.1. The summed E-state index contributed by atoms with van der Waals surface area (Å²) in [5.74, 6) is -0.425. The van der Waals surface area contributed by atoms with Crippen molar-refractivity contribution in [2.24, 2.45) is 0 Å². The number of amides is 1. The molecule has 0 radical (unpaired) electrons. The Morgan fingerprint density at radius 2 is 2.21 bits per heavy atom. The van der Waals surface area contributed by atoms with E-state index in [0.29, 0.717) is 16.1 Å². The van der Waals surface area contributed by atoms with Gasteiger partial charge in [0.15, 0.2) is 0 Å². The van der Waals surface area contributed by atoms with Gasteiger partial charge in [0.1, 0.15) is 10.4 Å². The van der Waals surface area contributed by atoms with Crippen molar-refractivity contribution in [2.45, 2.75) is 12.5 Å². The zero-order chi connectivity index (χ0) is 14.0. The van der Waals surface area contributed by atoms with Crippen LogP contribution in [0.2, 0.25) is 0 Å². The van der Waals surface area contributed by atoms with E-state index in [9.17, 15) is 15.0 Å². The maximum atomic E-state index is 12.1. The van der Waals surface area contributed by atoms with Crippen LogP contribution in [0.1, 0.15) is 16.6 Å². The number of aromatic nitrogens is 1. The molecule has 2 rings (SSSR count). The first kappa shape index (κ1) is 13.7. The number of nitrogens with two attached hydrogens (primary N) is 1. The minimum atomic E-state index is -1.08. The number of hydrogen-bond acceptors (Lipinski definition) is 6. The Balaban J connectivity index is 2.34. The SMILES string of the molecule is CC(CO)(CO)NC(=O)c1sc2cccnc2c1N. The lowest BCUT2D eigenvalue weighted by Crippen LogP contribution is -2.51. The Labute approximate surface area is 113 Å². The van der Waals surface area contributed by atoms with Gasteiger partial charge in [0, 0.05) is 6.20 Å². The normalized spacial score (nSPS) is 11.7. The monoisotopic (exact) mass is 281 g/mol. The molecule has 0 atom stereocenters. The molecule has 0 spiro atoms. The summed E-state index contributed by atoms with van der Waals surface area (Å²) in [6, 6.07) is 3.60. The lowest BCUT2D eigenvalue weighted by Gasteiger charge is -2.25. The Kier molecular flexibility index (Phi) is 3.70. The number of aliphatic hydroxyl groups is 2. The Morgan fingerprint density at radius 1 is 1.53 bits per heavy atom. The molecule has 1 amide bonds. The molecule has 0 fully saturated rings. The number of aliphatic hydroxyl groups excluding tert-OH is 2. The van der Waals surface area contributed by atoms with Gasteiger partial charge < -0.3 is 21.3 Å². The van der Waals surface area contributed by atoms with Crippen LogP contribution in [0.5, 0.6) is 0 Å². The third-order valence-electron chi connectivity index (χ3n) is 2.80. The van der Waals surface area contributed by atoms with Gasteiger partial charge in [0.05, 0.1) is 29.1 Å². The molecule has 0 aromatic carbocycles. The molecular weight excluding hydrogens is 266 g/mol. The minimum absolute atomic E-state index is 0.316. The summed E-state index contributed by atoms with van der Waals surface area (Å²) in [6.45, 7) is 0.823. The molecule has 7 heteroatoms. The van der Waals surface area contributed by atoms with Crippen molar-refractivity contribution in [1.82, 2.24) is 10.3 Å². The third-order valence-corrected chi connectivity index (χ3v) is 3.96. The summed E-state index contributed by atoms with van der Waals surface area (Å²) < 4.78 is 0.819. The van der Waals surface area contributed by atoms with Crippen LogP contribution in [0.3, 0.4) is 0 Å². The molecule has 6 nitrogen and oxygen atoms in total. The molecule has 0 bridgehead atoms. The maximum Gasteiger partial charge on any atom is 0.264 e. The fourth-order valence-electron chi connectivity index (χ4n) is 1.58. The number of carbonyl (C=O) groups is 1. The van der Waals surface area contributed by atoms with Gasteiger partial charge in [0.25, 0.3) is 5.91 Å². The molecule has 5 N–H and O–H groups in total. The number of nitrogens with zero attached hydrogens (tertiary/aromatic N) is 1. The van der Waals surface area contributed by atoms with Crippen LogP contribution in [0.15, 0.2) is 18.3 Å². The zero-order valence-corrected chi connectivity index (χ0v) is 11.2. The lowest BCUT2D eigenvalue weighted by molar-refractivity contribution is 0.0728. The molecule has 102 valence electrons. The highest BCUT2D eigenvalue weighted by Gasteiger charge is 2.27. The first-order valence-electron chi connectivity index (χ1n) is 5.68. The fraction of sp³-hybridized carbons (Fsp3) is 0.333. The van der Waals surface area contributed by atoms with Crippen molar-refractivity contribution in [3.8, 4) is 0 Å². The number of pyridine rings is 1. The molecular formula is C12H15N3O3S. The average molecular weight is 281 g/mol. The van der Waals surface area contributed by atoms with E-state index in [-0.39, 0.29) is 13.2 Å². The van der Waals surface area contributed by atoms with Crippen LogP contribution in [0.4, 0.5) is 5.69 Å². The van der Waals surface area contributed by atoms with Crippen LogP contribution in [0, 0.1) is 0 Å². The predicted molar refractivity (Wildman–Crippen MR) is 74.1 cm³/mol. The number of hydrogen-bond donors (Lipinski definition) is 4.